The minimum Gasteiger partial charge on any atom is -0.373 e. The molecular weight excluding hydrogens is 242 g/mol. The average molecular weight is 253 g/mol. The van der Waals surface area contributed by atoms with Crippen molar-refractivity contribution in [3.05, 3.63) is 21.9 Å². The van der Waals surface area contributed by atoms with E-state index in [1.807, 2.05) is 6.92 Å². The van der Waals surface area contributed by atoms with Crippen LogP contribution < -0.4 is 0 Å². The van der Waals surface area contributed by atoms with Crippen molar-refractivity contribution in [2.24, 2.45) is 0 Å². The van der Waals surface area contributed by atoms with Crippen LogP contribution in [0.2, 0.25) is 10.3 Å². The van der Waals surface area contributed by atoms with Crippen LogP contribution in [0.25, 0.3) is 0 Å². The third-order valence-corrected chi connectivity index (χ3v) is 2.41. The molecule has 1 heterocycles. The Morgan fingerprint density at radius 1 is 1.33 bits per heavy atom. The molecule has 0 radical (unpaired) electrons. The molecule has 0 spiro atoms. The quantitative estimate of drug-likeness (QED) is 0.771. The Morgan fingerprint density at radius 2 is 1.87 bits per heavy atom. The lowest BCUT2D eigenvalue weighted by Gasteiger charge is -2.13. The molecule has 1 unspecified atom stereocenters. The van der Waals surface area contributed by atoms with Crippen LogP contribution in [-0.4, -0.2) is 17.1 Å². The van der Waals surface area contributed by atoms with Gasteiger partial charge in [0.05, 0.1) is 0 Å². The number of halogens is 3. The van der Waals surface area contributed by atoms with Gasteiger partial charge in [-0.3, -0.25) is 0 Å². The molecule has 0 aliphatic carbocycles. The molecule has 1 aromatic rings. The standard InChI is InChI=1S/C9H11Cl2FN2O/c1-3-4-5(15-2)9-13-7(10)6(12)8(11)14-9/h5H,3-4H2,1-2H3. The van der Waals surface area contributed by atoms with Crippen LogP contribution in [-0.2, 0) is 4.74 Å². The fraction of sp³-hybridized carbons (Fsp3) is 0.556. The molecule has 0 saturated heterocycles. The minimum absolute atomic E-state index is 0.275. The molecule has 0 bridgehead atoms. The molecule has 0 amide bonds. The lowest BCUT2D eigenvalue weighted by molar-refractivity contribution is 0.0874. The van der Waals surface area contributed by atoms with Crippen LogP contribution in [0, 0.1) is 5.82 Å². The maximum Gasteiger partial charge on any atom is 0.197 e. The number of hydrogen-bond donors (Lipinski definition) is 0. The smallest absolute Gasteiger partial charge is 0.197 e. The van der Waals surface area contributed by atoms with Crippen LogP contribution in [0.1, 0.15) is 31.7 Å². The van der Waals surface area contributed by atoms with Gasteiger partial charge in [-0.1, -0.05) is 36.5 Å². The van der Waals surface area contributed by atoms with Crippen LogP contribution in [0.3, 0.4) is 0 Å². The monoisotopic (exact) mass is 252 g/mol. The Balaban J connectivity index is 3.03. The second kappa shape index (κ2) is 5.58. The first-order valence-corrected chi connectivity index (χ1v) is 5.27. The Bertz CT molecular complexity index is 326. The van der Waals surface area contributed by atoms with Gasteiger partial charge in [-0.2, -0.15) is 0 Å². The summed E-state index contributed by atoms with van der Waals surface area (Å²) in [6, 6.07) is 0. The molecule has 0 saturated carbocycles. The highest BCUT2D eigenvalue weighted by Gasteiger charge is 2.17. The number of nitrogens with zero attached hydrogens (tertiary/aromatic N) is 2. The summed E-state index contributed by atoms with van der Waals surface area (Å²) in [5, 5.41) is -0.550. The summed E-state index contributed by atoms with van der Waals surface area (Å²) >= 11 is 11.1. The summed E-state index contributed by atoms with van der Waals surface area (Å²) in [4.78, 5) is 7.59. The van der Waals surface area contributed by atoms with Crippen LogP contribution >= 0.6 is 23.2 Å². The molecular formula is C9H11Cl2FN2O. The molecule has 0 aromatic carbocycles. The third kappa shape index (κ3) is 3.00. The first kappa shape index (κ1) is 12.6. The second-order valence-electron chi connectivity index (χ2n) is 2.99. The highest BCUT2D eigenvalue weighted by Crippen LogP contribution is 2.24. The molecule has 0 fully saturated rings. The fourth-order valence-corrected chi connectivity index (χ4v) is 1.57. The maximum absolute atomic E-state index is 13.0. The molecule has 84 valence electrons. The van der Waals surface area contributed by atoms with E-state index in [0.29, 0.717) is 5.82 Å². The largest absolute Gasteiger partial charge is 0.373 e. The van der Waals surface area contributed by atoms with Crippen molar-refractivity contribution in [3.63, 3.8) is 0 Å². The zero-order valence-electron chi connectivity index (χ0n) is 8.43. The van der Waals surface area contributed by atoms with Crippen molar-refractivity contribution in [3.8, 4) is 0 Å². The van der Waals surface area contributed by atoms with Gasteiger partial charge in [-0.25, -0.2) is 14.4 Å². The van der Waals surface area contributed by atoms with Gasteiger partial charge in [0.25, 0.3) is 0 Å². The summed E-state index contributed by atoms with van der Waals surface area (Å²) in [6.45, 7) is 2.00. The lowest BCUT2D eigenvalue weighted by Crippen LogP contribution is -2.08. The SMILES string of the molecule is CCCC(OC)c1nc(Cl)c(F)c(Cl)n1. The van der Waals surface area contributed by atoms with Gasteiger partial charge < -0.3 is 4.74 Å². The normalized spacial score (nSPS) is 12.9. The van der Waals surface area contributed by atoms with Crippen LogP contribution in [0.15, 0.2) is 0 Å². The predicted molar refractivity (Wildman–Crippen MR) is 56.7 cm³/mol. The van der Waals surface area contributed by atoms with Crippen LogP contribution in [0.4, 0.5) is 4.39 Å². The van der Waals surface area contributed by atoms with E-state index in [-0.39, 0.29) is 16.4 Å². The molecule has 1 atom stereocenters. The van der Waals surface area contributed by atoms with Crippen molar-refractivity contribution in [2.75, 3.05) is 7.11 Å². The molecule has 0 N–H and O–H groups in total. The van der Waals surface area contributed by atoms with Gasteiger partial charge in [0, 0.05) is 7.11 Å². The van der Waals surface area contributed by atoms with Gasteiger partial charge in [-0.15, -0.1) is 0 Å². The molecule has 6 heteroatoms. The number of ether oxygens (including phenoxy) is 1. The van der Waals surface area contributed by atoms with E-state index >= 15 is 0 Å². The van der Waals surface area contributed by atoms with Crippen molar-refractivity contribution in [2.45, 2.75) is 25.9 Å². The van der Waals surface area contributed by atoms with Crippen molar-refractivity contribution >= 4 is 23.2 Å². The van der Waals surface area contributed by atoms with Crippen LogP contribution in [0.5, 0.6) is 0 Å². The Morgan fingerprint density at radius 3 is 2.27 bits per heavy atom. The predicted octanol–water partition coefficient (Wildman–Crippen LogP) is 3.41. The van der Waals surface area contributed by atoms with Gasteiger partial charge >= 0.3 is 0 Å². The minimum atomic E-state index is -0.798. The molecule has 0 aliphatic rings. The second-order valence-corrected chi connectivity index (χ2v) is 3.71. The zero-order chi connectivity index (χ0) is 11.4. The summed E-state index contributed by atoms with van der Waals surface area (Å²) < 4.78 is 18.2. The first-order valence-electron chi connectivity index (χ1n) is 4.51. The zero-order valence-corrected chi connectivity index (χ0v) is 9.94. The molecule has 1 aromatic heterocycles. The summed E-state index contributed by atoms with van der Waals surface area (Å²) in [5.74, 6) is -0.482. The van der Waals surface area contributed by atoms with Gasteiger partial charge in [0.2, 0.25) is 0 Å². The van der Waals surface area contributed by atoms with E-state index < -0.39 is 5.82 Å². The van der Waals surface area contributed by atoms with E-state index in [2.05, 4.69) is 9.97 Å². The highest BCUT2D eigenvalue weighted by molar-refractivity contribution is 6.33. The van der Waals surface area contributed by atoms with E-state index in [0.717, 1.165) is 12.8 Å². The average Bonchev–Trinajstić information content (AvgIpc) is 2.22. The Hall–Kier alpha value is -0.450. The van der Waals surface area contributed by atoms with E-state index in [1.54, 1.807) is 0 Å². The van der Waals surface area contributed by atoms with Crippen molar-refractivity contribution < 1.29 is 9.13 Å². The number of aromatic nitrogens is 2. The van der Waals surface area contributed by atoms with Gasteiger partial charge in [0.15, 0.2) is 21.9 Å². The van der Waals surface area contributed by atoms with Gasteiger partial charge in [-0.05, 0) is 6.42 Å². The summed E-state index contributed by atoms with van der Waals surface area (Å²) in [7, 11) is 1.54. The lowest BCUT2D eigenvalue weighted by atomic mass is 10.2. The molecule has 3 nitrogen and oxygen atoms in total. The summed E-state index contributed by atoms with van der Waals surface area (Å²) in [6.07, 6.45) is 1.33. The van der Waals surface area contributed by atoms with Crippen molar-refractivity contribution in [1.82, 2.24) is 9.97 Å². The Kier molecular flexibility index (Phi) is 4.70. The molecule has 1 rings (SSSR count). The maximum atomic E-state index is 13.0. The fourth-order valence-electron chi connectivity index (χ4n) is 1.17. The Labute approximate surface area is 97.6 Å². The van der Waals surface area contributed by atoms with Crippen molar-refractivity contribution in [1.29, 1.82) is 0 Å². The number of rotatable bonds is 4. The number of methoxy groups -OCH3 is 1. The third-order valence-electron chi connectivity index (χ3n) is 1.91. The topological polar surface area (TPSA) is 35.0 Å². The van der Waals surface area contributed by atoms with E-state index in [4.69, 9.17) is 27.9 Å². The van der Waals surface area contributed by atoms with Gasteiger partial charge in [0.1, 0.15) is 6.10 Å². The first-order chi connectivity index (χ1) is 7.10. The highest BCUT2D eigenvalue weighted by atomic mass is 35.5. The molecule has 0 aliphatic heterocycles. The summed E-state index contributed by atoms with van der Waals surface area (Å²) in [5.41, 5.74) is 0. The number of hydrogen-bond acceptors (Lipinski definition) is 3. The van der Waals surface area contributed by atoms with E-state index in [9.17, 15) is 4.39 Å². The van der Waals surface area contributed by atoms with E-state index in [1.165, 1.54) is 7.11 Å². The molecule has 15 heavy (non-hydrogen) atoms.